The molecule has 190 valence electrons. The van der Waals surface area contributed by atoms with E-state index in [1.54, 1.807) is 6.07 Å². The van der Waals surface area contributed by atoms with Gasteiger partial charge in [-0.05, 0) is 23.7 Å². The number of quaternary nitrogens is 1. The van der Waals surface area contributed by atoms with E-state index in [2.05, 4.69) is 5.16 Å². The minimum absolute atomic E-state index is 0.0295. The highest BCUT2D eigenvalue weighted by Crippen LogP contribution is 2.41. The lowest BCUT2D eigenvalue weighted by atomic mass is 9.73. The lowest BCUT2D eigenvalue weighted by molar-refractivity contribution is -0.959. The third kappa shape index (κ3) is 4.43. The van der Waals surface area contributed by atoms with Gasteiger partial charge in [0.25, 0.3) is 5.89 Å². The highest BCUT2D eigenvalue weighted by Gasteiger charge is 2.48. The van der Waals surface area contributed by atoms with E-state index in [4.69, 9.17) is 14.2 Å². The molecule has 1 saturated carbocycles. The van der Waals surface area contributed by atoms with E-state index in [0.29, 0.717) is 24.1 Å². The first-order valence-corrected chi connectivity index (χ1v) is 13.4. The van der Waals surface area contributed by atoms with Crippen molar-refractivity contribution in [2.24, 2.45) is 11.8 Å². The molecule has 7 rings (SSSR count). The Hall–Kier alpha value is -2.77. The summed E-state index contributed by atoms with van der Waals surface area (Å²) in [5, 5.41) is 18.9. The third-order valence-corrected chi connectivity index (χ3v) is 8.78. The molecule has 1 aliphatic carbocycles. The van der Waals surface area contributed by atoms with Crippen LogP contribution in [0.25, 0.3) is 0 Å². The molecule has 3 aromatic rings. The van der Waals surface area contributed by atoms with Crippen LogP contribution in [-0.2, 0) is 12.1 Å². The molecule has 1 unspecified atom stereocenters. The number of halogens is 1. The van der Waals surface area contributed by atoms with Gasteiger partial charge in [-0.2, -0.15) is 4.98 Å². The topological polar surface area (TPSA) is 71.2 Å². The first-order chi connectivity index (χ1) is 17.5. The monoisotopic (exact) mass is 491 g/mol. The molecular weight excluding hydrogens is 457 g/mol. The van der Waals surface area contributed by atoms with Gasteiger partial charge in [-0.15, -0.1) is 0 Å². The quantitative estimate of drug-likeness (QED) is 0.453. The minimum atomic E-state index is -1.50. The molecule has 1 aromatic heterocycles. The Morgan fingerprint density at radius 3 is 2.53 bits per heavy atom. The highest BCUT2D eigenvalue weighted by atomic mass is 19.1. The van der Waals surface area contributed by atoms with Gasteiger partial charge in [-0.3, -0.25) is 0 Å². The van der Waals surface area contributed by atoms with Crippen molar-refractivity contribution >= 4 is 0 Å². The first-order valence-electron chi connectivity index (χ1n) is 13.4. The van der Waals surface area contributed by atoms with Crippen LogP contribution in [-0.4, -0.2) is 40.4 Å². The van der Waals surface area contributed by atoms with Gasteiger partial charge in [-0.1, -0.05) is 79.2 Å². The predicted octanol–water partition coefficient (Wildman–Crippen LogP) is 4.58. The van der Waals surface area contributed by atoms with E-state index in [9.17, 15) is 9.50 Å². The van der Waals surface area contributed by atoms with Gasteiger partial charge in [0.1, 0.15) is 18.1 Å². The van der Waals surface area contributed by atoms with E-state index in [-0.39, 0.29) is 23.7 Å². The largest absolute Gasteiger partial charge is 0.840 e. The molecule has 3 saturated heterocycles. The number of fused-ring (bicyclic) bond motifs is 3. The van der Waals surface area contributed by atoms with Gasteiger partial charge in [0.05, 0.1) is 13.1 Å². The first kappa shape index (κ1) is 23.6. The van der Waals surface area contributed by atoms with E-state index in [1.165, 1.54) is 18.6 Å². The van der Waals surface area contributed by atoms with Gasteiger partial charge < -0.3 is 18.8 Å². The van der Waals surface area contributed by atoms with Gasteiger partial charge in [0.15, 0.2) is 18.5 Å². The summed E-state index contributed by atoms with van der Waals surface area (Å²) < 4.78 is 26.5. The number of nitrogens with zero attached hydrogens (tertiary/aromatic N) is 3. The van der Waals surface area contributed by atoms with Crippen molar-refractivity contribution in [2.45, 2.75) is 63.2 Å². The lowest BCUT2D eigenvalue weighted by Crippen LogP contribution is -2.64. The molecule has 3 aliphatic heterocycles. The van der Waals surface area contributed by atoms with Crippen molar-refractivity contribution in [1.29, 1.82) is 0 Å². The van der Waals surface area contributed by atoms with Crippen LogP contribution >= 0.6 is 0 Å². The van der Waals surface area contributed by atoms with E-state index in [1.807, 2.05) is 36.4 Å². The minimum Gasteiger partial charge on any atom is -0.840 e. The molecular formula is C29H34FN3O3. The Labute approximate surface area is 211 Å². The fourth-order valence-corrected chi connectivity index (χ4v) is 6.79. The van der Waals surface area contributed by atoms with Gasteiger partial charge >= 0.3 is 0 Å². The molecule has 0 amide bonds. The summed E-state index contributed by atoms with van der Waals surface area (Å²) in [7, 11) is 0. The fourth-order valence-electron chi connectivity index (χ4n) is 6.79. The molecule has 2 atom stereocenters. The molecule has 0 radical (unpaired) electrons. The maximum atomic E-state index is 14.6. The molecule has 4 aliphatic rings. The number of rotatable bonds is 7. The van der Waals surface area contributed by atoms with Crippen LogP contribution in [0.15, 0.2) is 59.1 Å². The van der Waals surface area contributed by atoms with Crippen molar-refractivity contribution in [2.75, 3.05) is 19.6 Å². The van der Waals surface area contributed by atoms with Crippen LogP contribution < -0.4 is 9.84 Å². The maximum absolute atomic E-state index is 14.6. The number of hydrogen-bond acceptors (Lipinski definition) is 5. The standard InChI is InChI=1S/C29H34FN3O3/c30-24-12-7-13-25(18-24)35-26-19-33(16-14-21(26)15-17-33)20-27-31-28(32-36-27)29(34,22-8-3-1-4-9-22)23-10-5-2-6-11-23/h1,3-4,7-9,12-13,18,21,23,26H,2,5-6,10-11,14-17,19-20H2/t21?,26?,29-,33?/m0/s1. The summed E-state index contributed by atoms with van der Waals surface area (Å²) in [4.78, 5) is 4.76. The van der Waals surface area contributed by atoms with E-state index in [0.717, 1.165) is 68.2 Å². The van der Waals surface area contributed by atoms with Gasteiger partial charge in [-0.25, -0.2) is 4.39 Å². The molecule has 2 aromatic carbocycles. The average Bonchev–Trinajstić information content (AvgIpc) is 3.38. The predicted molar refractivity (Wildman–Crippen MR) is 130 cm³/mol. The molecule has 4 fully saturated rings. The summed E-state index contributed by atoms with van der Waals surface area (Å²) in [6.07, 6.45) is 7.24. The van der Waals surface area contributed by atoms with Crippen molar-refractivity contribution in [1.82, 2.24) is 10.1 Å². The molecule has 6 nitrogen and oxygen atoms in total. The highest BCUT2D eigenvalue weighted by molar-refractivity contribution is 5.29. The fraction of sp³-hybridized carbons (Fsp3) is 0.517. The second-order valence-corrected chi connectivity index (χ2v) is 11.0. The lowest BCUT2D eigenvalue weighted by Gasteiger charge is -2.51. The van der Waals surface area contributed by atoms with E-state index >= 15 is 0 Å². The second kappa shape index (κ2) is 9.60. The van der Waals surface area contributed by atoms with Crippen molar-refractivity contribution in [3.05, 3.63) is 77.7 Å². The summed E-state index contributed by atoms with van der Waals surface area (Å²) in [5.41, 5.74) is -0.778. The third-order valence-electron chi connectivity index (χ3n) is 8.78. The number of ether oxygens (including phenoxy) is 1. The number of piperidine rings is 3. The van der Waals surface area contributed by atoms with Crippen LogP contribution in [0.2, 0.25) is 0 Å². The average molecular weight is 492 g/mol. The molecule has 7 heteroatoms. The Balaban J connectivity index is 1.23. The second-order valence-electron chi connectivity index (χ2n) is 11.0. The van der Waals surface area contributed by atoms with Crippen molar-refractivity contribution in [3.63, 3.8) is 0 Å². The smallest absolute Gasteiger partial charge is 0.281 e. The maximum Gasteiger partial charge on any atom is 0.281 e. The van der Waals surface area contributed by atoms with Crippen LogP contribution in [0.1, 0.15) is 62.2 Å². The SMILES string of the molecule is [O-][C@](c1ccccc1)(c1noc(C[N+]23CCC(CC2)C(Oc2cccc(F)c2)C3)n1)C1CCCCC1. The van der Waals surface area contributed by atoms with Gasteiger partial charge in [0.2, 0.25) is 0 Å². The van der Waals surface area contributed by atoms with Crippen LogP contribution in [0.5, 0.6) is 5.75 Å². The number of benzene rings is 2. The number of aromatic nitrogens is 2. The van der Waals surface area contributed by atoms with E-state index < -0.39 is 5.60 Å². The molecule has 0 N–H and O–H groups in total. The zero-order valence-corrected chi connectivity index (χ0v) is 20.7. The summed E-state index contributed by atoms with van der Waals surface area (Å²) in [6, 6.07) is 16.0. The summed E-state index contributed by atoms with van der Waals surface area (Å²) >= 11 is 0. The Morgan fingerprint density at radius 2 is 1.78 bits per heavy atom. The Kier molecular flexibility index (Phi) is 6.30. The van der Waals surface area contributed by atoms with Crippen LogP contribution in [0.4, 0.5) is 4.39 Å². The van der Waals surface area contributed by atoms with Crippen molar-refractivity contribution < 1.29 is 23.2 Å². The van der Waals surface area contributed by atoms with Gasteiger partial charge in [0, 0.05) is 24.8 Å². The zero-order valence-electron chi connectivity index (χ0n) is 20.7. The molecule has 2 bridgehead atoms. The zero-order chi connectivity index (χ0) is 24.6. The van der Waals surface area contributed by atoms with Crippen molar-refractivity contribution in [3.8, 4) is 5.75 Å². The molecule has 36 heavy (non-hydrogen) atoms. The normalized spacial score (nSPS) is 28.1. The summed E-state index contributed by atoms with van der Waals surface area (Å²) in [5.74, 6) is 1.54. The van der Waals surface area contributed by atoms with Crippen LogP contribution in [0, 0.1) is 17.7 Å². The molecule has 4 heterocycles. The molecule has 0 spiro atoms. The number of hydrogen-bond donors (Lipinski definition) is 0. The Bertz CT molecular complexity index is 1170. The van der Waals surface area contributed by atoms with Crippen LogP contribution in [0.3, 0.4) is 0 Å². The Morgan fingerprint density at radius 1 is 1.00 bits per heavy atom. The summed E-state index contributed by atoms with van der Waals surface area (Å²) in [6.45, 7) is 3.46.